The van der Waals surface area contributed by atoms with Crippen LogP contribution in [-0.4, -0.2) is 58.9 Å². The molecule has 1 aliphatic heterocycles. The number of hydrogen-bond acceptors (Lipinski definition) is 5. The minimum absolute atomic E-state index is 0.128. The number of ether oxygens (including phenoxy) is 1. The van der Waals surface area contributed by atoms with Crippen LogP contribution in [0.3, 0.4) is 0 Å². The molecule has 0 aromatic heterocycles. The monoisotopic (exact) mass is 388 g/mol. The summed E-state index contributed by atoms with van der Waals surface area (Å²) in [6.07, 6.45) is 0.683. The fourth-order valence-electron chi connectivity index (χ4n) is 3.76. The molecule has 0 spiro atoms. The van der Waals surface area contributed by atoms with E-state index in [-0.39, 0.29) is 24.2 Å². The van der Waals surface area contributed by atoms with Gasteiger partial charge in [-0.15, -0.1) is 0 Å². The van der Waals surface area contributed by atoms with Crippen LogP contribution in [0.25, 0.3) is 0 Å². The molecule has 2 aromatic carbocycles. The highest BCUT2D eigenvalue weighted by Gasteiger charge is 2.27. The maximum Gasteiger partial charge on any atom is 0.162 e. The van der Waals surface area contributed by atoms with Crippen LogP contribution in [0.5, 0.6) is 11.5 Å². The van der Waals surface area contributed by atoms with Gasteiger partial charge in [-0.2, -0.15) is 0 Å². The van der Waals surface area contributed by atoms with Crippen molar-refractivity contribution in [3.63, 3.8) is 0 Å². The molecular weight excluding hydrogens is 359 g/mol. The summed E-state index contributed by atoms with van der Waals surface area (Å²) >= 11 is 0. The molecule has 3 rings (SSSR count). The van der Waals surface area contributed by atoms with E-state index < -0.39 is 0 Å². The predicted molar refractivity (Wildman–Crippen MR) is 107 cm³/mol. The van der Waals surface area contributed by atoms with Gasteiger partial charge in [0.15, 0.2) is 11.5 Å². The lowest BCUT2D eigenvalue weighted by Gasteiger charge is -2.41. The molecule has 1 saturated heterocycles. The summed E-state index contributed by atoms with van der Waals surface area (Å²) in [6.45, 7) is 6.44. The number of aliphatic hydroxyl groups is 1. The van der Waals surface area contributed by atoms with Gasteiger partial charge in [-0.1, -0.05) is 24.3 Å². The van der Waals surface area contributed by atoms with Crippen molar-refractivity contribution in [3.05, 3.63) is 59.4 Å². The second-order valence-electron chi connectivity index (χ2n) is 7.20. The van der Waals surface area contributed by atoms with Gasteiger partial charge in [0.25, 0.3) is 0 Å². The average Bonchev–Trinajstić information content (AvgIpc) is 2.69. The third-order valence-corrected chi connectivity index (χ3v) is 5.23. The molecule has 152 valence electrons. The zero-order valence-corrected chi connectivity index (χ0v) is 16.4. The van der Waals surface area contributed by atoms with Crippen LogP contribution >= 0.6 is 0 Å². The maximum absolute atomic E-state index is 13.1. The van der Waals surface area contributed by atoms with E-state index in [1.807, 2.05) is 31.2 Å². The van der Waals surface area contributed by atoms with Gasteiger partial charge >= 0.3 is 0 Å². The van der Waals surface area contributed by atoms with Crippen LogP contribution in [0.4, 0.5) is 4.39 Å². The van der Waals surface area contributed by atoms with E-state index >= 15 is 0 Å². The van der Waals surface area contributed by atoms with Gasteiger partial charge in [0.1, 0.15) is 5.82 Å². The molecule has 2 N–H and O–H groups in total. The van der Waals surface area contributed by atoms with E-state index in [1.54, 1.807) is 6.07 Å². The van der Waals surface area contributed by atoms with Crippen LogP contribution in [-0.2, 0) is 13.1 Å². The SMILES string of the molecule is CCOc1cccc(CN2CCN(Cc3ccc(F)cc3)[C@H](CCO)C2)c1O. The highest BCUT2D eigenvalue weighted by atomic mass is 19.1. The molecule has 6 heteroatoms. The Morgan fingerprint density at radius 3 is 2.61 bits per heavy atom. The van der Waals surface area contributed by atoms with Gasteiger partial charge in [-0.25, -0.2) is 4.39 Å². The molecular formula is C22H29FN2O3. The molecule has 0 aliphatic carbocycles. The van der Waals surface area contributed by atoms with E-state index in [2.05, 4.69) is 9.80 Å². The van der Waals surface area contributed by atoms with Crippen molar-refractivity contribution in [2.75, 3.05) is 32.8 Å². The molecule has 0 bridgehead atoms. The first-order chi connectivity index (χ1) is 13.6. The van der Waals surface area contributed by atoms with Gasteiger partial charge in [-0.3, -0.25) is 9.80 Å². The number of benzene rings is 2. The number of piperazine rings is 1. The van der Waals surface area contributed by atoms with E-state index in [0.29, 0.717) is 25.3 Å². The summed E-state index contributed by atoms with van der Waals surface area (Å²) in [4.78, 5) is 4.64. The fourth-order valence-corrected chi connectivity index (χ4v) is 3.76. The highest BCUT2D eigenvalue weighted by molar-refractivity contribution is 5.45. The Morgan fingerprint density at radius 2 is 1.89 bits per heavy atom. The third kappa shape index (κ3) is 5.22. The molecule has 5 nitrogen and oxygen atoms in total. The Kier molecular flexibility index (Phi) is 7.25. The molecule has 1 heterocycles. The van der Waals surface area contributed by atoms with Crippen molar-refractivity contribution in [3.8, 4) is 11.5 Å². The Balaban J connectivity index is 1.65. The lowest BCUT2D eigenvalue weighted by atomic mass is 10.1. The molecule has 0 saturated carbocycles. The first kappa shape index (κ1) is 20.6. The Bertz CT molecular complexity index is 754. The summed E-state index contributed by atoms with van der Waals surface area (Å²) in [5.41, 5.74) is 1.92. The lowest BCUT2D eigenvalue weighted by molar-refractivity contribution is 0.0496. The summed E-state index contributed by atoms with van der Waals surface area (Å²) < 4.78 is 18.6. The number of aromatic hydroxyl groups is 1. The first-order valence-corrected chi connectivity index (χ1v) is 9.86. The Morgan fingerprint density at radius 1 is 1.11 bits per heavy atom. The number of aliphatic hydroxyl groups excluding tert-OH is 1. The van der Waals surface area contributed by atoms with Crippen LogP contribution < -0.4 is 4.74 Å². The van der Waals surface area contributed by atoms with Gasteiger partial charge in [0.2, 0.25) is 0 Å². The van der Waals surface area contributed by atoms with Crippen LogP contribution in [0.1, 0.15) is 24.5 Å². The van der Waals surface area contributed by atoms with Gasteiger partial charge in [-0.05, 0) is 37.1 Å². The number of para-hydroxylation sites is 1. The summed E-state index contributed by atoms with van der Waals surface area (Å²) in [7, 11) is 0. The number of rotatable bonds is 8. The zero-order valence-electron chi connectivity index (χ0n) is 16.4. The molecule has 1 fully saturated rings. The van der Waals surface area contributed by atoms with Gasteiger partial charge in [0.05, 0.1) is 6.61 Å². The molecule has 0 radical (unpaired) electrons. The smallest absolute Gasteiger partial charge is 0.162 e. The van der Waals surface area contributed by atoms with Crippen molar-refractivity contribution in [1.82, 2.24) is 9.80 Å². The standard InChI is InChI=1S/C22H29FN2O3/c1-2-28-21-5-3-4-18(22(21)27)15-24-11-12-25(20(16-24)10-13-26)14-17-6-8-19(23)9-7-17/h3-9,20,26-27H,2,10-16H2,1H3/t20-/m1/s1. The second kappa shape index (κ2) is 9.87. The molecule has 0 unspecified atom stereocenters. The van der Waals surface area contributed by atoms with E-state index in [4.69, 9.17) is 4.74 Å². The van der Waals surface area contributed by atoms with Gasteiger partial charge in [0, 0.05) is 50.9 Å². The zero-order chi connectivity index (χ0) is 19.9. The van der Waals surface area contributed by atoms with Crippen LogP contribution in [0.15, 0.2) is 42.5 Å². The first-order valence-electron chi connectivity index (χ1n) is 9.86. The van der Waals surface area contributed by atoms with Crippen molar-refractivity contribution in [1.29, 1.82) is 0 Å². The summed E-state index contributed by atoms with van der Waals surface area (Å²) in [5, 5.41) is 20.0. The Labute approximate surface area is 166 Å². The maximum atomic E-state index is 13.1. The number of halogens is 1. The molecule has 0 amide bonds. The predicted octanol–water partition coefficient (Wildman–Crippen LogP) is 3.00. The van der Waals surface area contributed by atoms with Crippen LogP contribution in [0, 0.1) is 5.82 Å². The van der Waals surface area contributed by atoms with Crippen molar-refractivity contribution >= 4 is 0 Å². The number of nitrogens with zero attached hydrogens (tertiary/aromatic N) is 2. The topological polar surface area (TPSA) is 56.2 Å². The van der Waals surface area contributed by atoms with Crippen molar-refractivity contribution in [2.45, 2.75) is 32.5 Å². The number of hydrogen-bond donors (Lipinski definition) is 2. The van der Waals surface area contributed by atoms with Crippen molar-refractivity contribution in [2.24, 2.45) is 0 Å². The van der Waals surface area contributed by atoms with Crippen molar-refractivity contribution < 1.29 is 19.3 Å². The molecule has 1 aliphatic rings. The normalized spacial score (nSPS) is 18.3. The quantitative estimate of drug-likeness (QED) is 0.728. The summed E-state index contributed by atoms with van der Waals surface area (Å²) in [5.74, 6) is 0.494. The molecule has 2 aromatic rings. The summed E-state index contributed by atoms with van der Waals surface area (Å²) in [6, 6.07) is 12.4. The molecule has 1 atom stereocenters. The lowest BCUT2D eigenvalue weighted by Crippen LogP contribution is -2.52. The Hall–Kier alpha value is -2.15. The number of phenolic OH excluding ortho intramolecular Hbond substituents is 1. The van der Waals surface area contributed by atoms with E-state index in [0.717, 1.165) is 37.3 Å². The second-order valence-corrected chi connectivity index (χ2v) is 7.20. The minimum atomic E-state index is -0.227. The number of phenols is 1. The minimum Gasteiger partial charge on any atom is -0.504 e. The molecule has 28 heavy (non-hydrogen) atoms. The van der Waals surface area contributed by atoms with Gasteiger partial charge < -0.3 is 14.9 Å². The van der Waals surface area contributed by atoms with Crippen LogP contribution in [0.2, 0.25) is 0 Å². The highest BCUT2D eigenvalue weighted by Crippen LogP contribution is 2.31. The average molecular weight is 388 g/mol. The third-order valence-electron chi connectivity index (χ3n) is 5.23. The van der Waals surface area contributed by atoms with E-state index in [9.17, 15) is 14.6 Å². The fraction of sp³-hybridized carbons (Fsp3) is 0.455. The van der Waals surface area contributed by atoms with E-state index in [1.165, 1.54) is 12.1 Å². The largest absolute Gasteiger partial charge is 0.504 e.